The Bertz CT molecular complexity index is 602. The Morgan fingerprint density at radius 2 is 1.88 bits per heavy atom. The summed E-state index contributed by atoms with van der Waals surface area (Å²) in [5.74, 6) is -0.299. The summed E-state index contributed by atoms with van der Waals surface area (Å²) in [5, 5.41) is 30.9. The van der Waals surface area contributed by atoms with Crippen LogP contribution in [0.25, 0.3) is 0 Å². The lowest BCUT2D eigenvalue weighted by atomic mass is 9.84. The summed E-state index contributed by atoms with van der Waals surface area (Å²) in [6, 6.07) is 3.44. The smallest absolute Gasteiger partial charge is 0.141 e. The third-order valence-electron chi connectivity index (χ3n) is 4.69. The van der Waals surface area contributed by atoms with Crippen LogP contribution < -0.4 is 9.84 Å². The predicted octanol–water partition coefficient (Wildman–Crippen LogP) is 2.75. The average molecular weight is 404 g/mol. The molecular formula is C19H25Cl2O5-. The molecule has 1 aromatic carbocycles. The highest BCUT2D eigenvalue weighted by molar-refractivity contribution is 6.35. The van der Waals surface area contributed by atoms with Crippen LogP contribution in [0.1, 0.15) is 50.5 Å². The van der Waals surface area contributed by atoms with Crippen LogP contribution in [-0.2, 0) is 11.2 Å². The van der Waals surface area contributed by atoms with Crippen LogP contribution in [-0.4, -0.2) is 35.0 Å². The maximum Gasteiger partial charge on any atom is 0.141 e. The third-order valence-corrected chi connectivity index (χ3v) is 5.18. The number of hydrogen-bond acceptors (Lipinski definition) is 5. The van der Waals surface area contributed by atoms with Gasteiger partial charge in [0.15, 0.2) is 0 Å². The molecule has 7 heteroatoms. The minimum absolute atomic E-state index is 0.0941. The Hall–Kier alpha value is -1.01. The normalized spacial score (nSPS) is 17.7. The van der Waals surface area contributed by atoms with E-state index in [2.05, 4.69) is 0 Å². The van der Waals surface area contributed by atoms with Gasteiger partial charge in [-0.25, -0.2) is 0 Å². The van der Waals surface area contributed by atoms with Gasteiger partial charge in [-0.3, -0.25) is 0 Å². The number of carbonyl (C=O) groups excluding carboxylic acids is 1. The number of halogens is 2. The van der Waals surface area contributed by atoms with E-state index >= 15 is 0 Å². The Labute approximate surface area is 163 Å². The number of aliphatic hydroxyl groups excluding tert-OH is 2. The first-order chi connectivity index (χ1) is 12.3. The molecule has 146 valence electrons. The molecule has 0 radical (unpaired) electrons. The number of carbonyl (C=O) groups is 1. The molecule has 1 aromatic rings. The number of carboxylic acid groups (broad SMARTS) is 1. The summed E-state index contributed by atoms with van der Waals surface area (Å²) in [6.07, 6.45) is 4.05. The van der Waals surface area contributed by atoms with Gasteiger partial charge in [0.2, 0.25) is 0 Å². The molecule has 5 nitrogen and oxygen atoms in total. The monoisotopic (exact) mass is 403 g/mol. The molecule has 0 aliphatic heterocycles. The fourth-order valence-corrected chi connectivity index (χ4v) is 4.06. The zero-order valence-corrected chi connectivity index (χ0v) is 16.1. The van der Waals surface area contributed by atoms with Crippen LogP contribution in [0.2, 0.25) is 10.0 Å². The number of hydrogen-bond donors (Lipinski definition) is 2. The van der Waals surface area contributed by atoms with Crippen molar-refractivity contribution < 1.29 is 24.9 Å². The summed E-state index contributed by atoms with van der Waals surface area (Å²) >= 11 is 12.4. The molecule has 0 heterocycles. The van der Waals surface area contributed by atoms with E-state index in [1.54, 1.807) is 6.07 Å². The summed E-state index contributed by atoms with van der Waals surface area (Å²) in [4.78, 5) is 10.5. The molecule has 1 fully saturated rings. The van der Waals surface area contributed by atoms with Gasteiger partial charge in [0.1, 0.15) is 12.4 Å². The van der Waals surface area contributed by atoms with E-state index in [0.29, 0.717) is 21.7 Å². The summed E-state index contributed by atoms with van der Waals surface area (Å²) < 4.78 is 5.72. The molecule has 0 amide bonds. The first kappa shape index (κ1) is 21.3. The molecule has 0 bridgehead atoms. The SMILES string of the molecule is O=C([O-])C[C@H](O)CC(O)COc1c(Cl)cc(Cl)cc1CC1CCCCC1. The minimum Gasteiger partial charge on any atom is -0.550 e. The van der Waals surface area contributed by atoms with Gasteiger partial charge in [-0.15, -0.1) is 0 Å². The zero-order valence-electron chi connectivity index (χ0n) is 14.6. The molecule has 2 rings (SSSR count). The first-order valence-electron chi connectivity index (χ1n) is 9.01. The molecule has 0 aromatic heterocycles. The van der Waals surface area contributed by atoms with Crippen molar-refractivity contribution in [2.24, 2.45) is 5.92 Å². The van der Waals surface area contributed by atoms with E-state index in [-0.39, 0.29) is 13.0 Å². The highest BCUT2D eigenvalue weighted by Gasteiger charge is 2.20. The van der Waals surface area contributed by atoms with Gasteiger partial charge in [0.25, 0.3) is 0 Å². The highest BCUT2D eigenvalue weighted by Crippen LogP contribution is 2.36. The molecule has 1 saturated carbocycles. The summed E-state index contributed by atoms with van der Waals surface area (Å²) in [6.45, 7) is -0.0941. The average Bonchev–Trinajstić information content (AvgIpc) is 2.54. The second kappa shape index (κ2) is 10.4. The molecular weight excluding hydrogens is 379 g/mol. The van der Waals surface area contributed by atoms with E-state index < -0.39 is 24.6 Å². The molecule has 2 atom stereocenters. The lowest BCUT2D eigenvalue weighted by molar-refractivity contribution is -0.307. The number of benzene rings is 1. The molecule has 0 saturated heterocycles. The van der Waals surface area contributed by atoms with E-state index in [1.807, 2.05) is 6.07 Å². The Morgan fingerprint density at radius 3 is 2.54 bits per heavy atom. The molecule has 26 heavy (non-hydrogen) atoms. The Morgan fingerprint density at radius 1 is 1.19 bits per heavy atom. The Balaban J connectivity index is 1.99. The molecule has 1 aliphatic rings. The van der Waals surface area contributed by atoms with Crippen LogP contribution >= 0.6 is 23.2 Å². The van der Waals surface area contributed by atoms with Gasteiger partial charge in [-0.05, 0) is 30.0 Å². The lowest BCUT2D eigenvalue weighted by Gasteiger charge is -2.24. The van der Waals surface area contributed by atoms with Crippen LogP contribution in [0.4, 0.5) is 0 Å². The van der Waals surface area contributed by atoms with E-state index in [9.17, 15) is 20.1 Å². The largest absolute Gasteiger partial charge is 0.550 e. The number of ether oxygens (including phenoxy) is 1. The highest BCUT2D eigenvalue weighted by atomic mass is 35.5. The van der Waals surface area contributed by atoms with Gasteiger partial charge in [0.05, 0.1) is 17.2 Å². The van der Waals surface area contributed by atoms with Crippen molar-refractivity contribution in [1.29, 1.82) is 0 Å². The number of aliphatic hydroxyl groups is 2. The second-order valence-corrected chi connectivity index (χ2v) is 7.86. The first-order valence-corrected chi connectivity index (χ1v) is 9.77. The van der Waals surface area contributed by atoms with Crippen molar-refractivity contribution in [2.45, 2.75) is 63.6 Å². The van der Waals surface area contributed by atoms with Crippen molar-refractivity contribution in [3.63, 3.8) is 0 Å². The van der Waals surface area contributed by atoms with Gasteiger partial charge in [0, 0.05) is 23.8 Å². The van der Waals surface area contributed by atoms with Crippen LogP contribution in [0.15, 0.2) is 12.1 Å². The lowest BCUT2D eigenvalue weighted by Crippen LogP contribution is -2.31. The van der Waals surface area contributed by atoms with Gasteiger partial charge < -0.3 is 24.9 Å². The van der Waals surface area contributed by atoms with Crippen LogP contribution in [0.3, 0.4) is 0 Å². The van der Waals surface area contributed by atoms with Crippen LogP contribution in [0.5, 0.6) is 5.75 Å². The van der Waals surface area contributed by atoms with E-state index in [4.69, 9.17) is 27.9 Å². The van der Waals surface area contributed by atoms with Crippen molar-refractivity contribution in [3.05, 3.63) is 27.7 Å². The second-order valence-electron chi connectivity index (χ2n) is 7.01. The van der Waals surface area contributed by atoms with E-state index in [0.717, 1.165) is 12.0 Å². The number of rotatable bonds is 9. The van der Waals surface area contributed by atoms with Crippen molar-refractivity contribution >= 4 is 29.2 Å². The van der Waals surface area contributed by atoms with Crippen molar-refractivity contribution in [3.8, 4) is 5.75 Å². The molecule has 0 spiro atoms. The molecule has 2 N–H and O–H groups in total. The summed E-state index contributed by atoms with van der Waals surface area (Å²) in [5.41, 5.74) is 0.914. The van der Waals surface area contributed by atoms with Gasteiger partial charge in [-0.2, -0.15) is 0 Å². The minimum atomic E-state index is -1.36. The van der Waals surface area contributed by atoms with Crippen LogP contribution in [0, 0.1) is 5.92 Å². The Kier molecular flexibility index (Phi) is 8.48. The zero-order chi connectivity index (χ0) is 19.1. The third kappa shape index (κ3) is 6.95. The maximum atomic E-state index is 10.5. The molecule has 1 unspecified atom stereocenters. The standard InChI is InChI=1S/C19H26Cl2O5/c20-14-7-13(6-12-4-2-1-3-5-12)19(17(21)8-14)26-11-16(23)9-15(22)10-18(24)25/h7-8,12,15-16,22-23H,1-6,9-11H2,(H,24,25)/p-1/t15-,16?/m1/s1. The van der Waals surface area contributed by atoms with E-state index in [1.165, 1.54) is 32.1 Å². The quantitative estimate of drug-likeness (QED) is 0.661. The molecule has 1 aliphatic carbocycles. The number of aliphatic carboxylic acids is 1. The summed E-state index contributed by atoms with van der Waals surface area (Å²) in [7, 11) is 0. The topological polar surface area (TPSA) is 89.8 Å². The fraction of sp³-hybridized carbons (Fsp3) is 0.632. The van der Waals surface area contributed by atoms with Gasteiger partial charge in [-0.1, -0.05) is 55.3 Å². The predicted molar refractivity (Wildman–Crippen MR) is 98.5 cm³/mol. The maximum absolute atomic E-state index is 10.5. The van der Waals surface area contributed by atoms with Crippen molar-refractivity contribution in [2.75, 3.05) is 6.61 Å². The van der Waals surface area contributed by atoms with Crippen molar-refractivity contribution in [1.82, 2.24) is 0 Å². The fourth-order valence-electron chi connectivity index (χ4n) is 3.47. The number of carboxylic acids is 1. The van der Waals surface area contributed by atoms with Gasteiger partial charge >= 0.3 is 0 Å².